The number of hydrogen-bond acceptors (Lipinski definition) is 7. The molecule has 1 aliphatic rings. The molecule has 0 spiro atoms. The van der Waals surface area contributed by atoms with Gasteiger partial charge in [0.1, 0.15) is 6.23 Å². The zero-order chi connectivity index (χ0) is 11.4. The van der Waals surface area contributed by atoms with E-state index in [0.29, 0.717) is 6.67 Å². The van der Waals surface area contributed by atoms with Crippen LogP contribution in [-0.4, -0.2) is 47.7 Å². The van der Waals surface area contributed by atoms with Crippen molar-refractivity contribution >= 4 is 10.4 Å². The molecule has 10 heteroatoms. The fourth-order valence-electron chi connectivity index (χ4n) is 0.750. The second-order valence-electron chi connectivity index (χ2n) is 2.58. The molecule has 0 saturated carbocycles. The van der Waals surface area contributed by atoms with E-state index in [0.717, 1.165) is 0 Å². The van der Waals surface area contributed by atoms with Crippen LogP contribution in [0.2, 0.25) is 0 Å². The van der Waals surface area contributed by atoms with Crippen molar-refractivity contribution in [1.82, 2.24) is 10.6 Å². The first-order valence-corrected chi connectivity index (χ1v) is 4.97. The van der Waals surface area contributed by atoms with Crippen molar-refractivity contribution in [2.75, 3.05) is 6.67 Å². The molecule has 0 aromatic rings. The van der Waals surface area contributed by atoms with Crippen LogP contribution < -0.4 is 22.1 Å². The van der Waals surface area contributed by atoms with Crippen LogP contribution in [0.4, 0.5) is 0 Å². The summed E-state index contributed by atoms with van der Waals surface area (Å²) >= 11 is 0. The summed E-state index contributed by atoms with van der Waals surface area (Å²) in [7, 11) is -4.67. The second kappa shape index (κ2) is 5.53. The Hall–Kier alpha value is -0.330. The first-order valence-electron chi connectivity index (χ1n) is 3.57. The molecule has 1 heterocycles. The van der Waals surface area contributed by atoms with Gasteiger partial charge in [-0.15, -0.1) is 0 Å². The molecule has 0 aromatic heterocycles. The topological polar surface area (TPSA) is 171 Å². The van der Waals surface area contributed by atoms with Gasteiger partial charge in [0.15, 0.2) is 0 Å². The minimum atomic E-state index is -4.67. The molecule has 0 amide bonds. The van der Waals surface area contributed by atoms with E-state index >= 15 is 0 Å². The molecule has 1 rings (SSSR count). The van der Waals surface area contributed by atoms with Gasteiger partial charge >= 0.3 is 10.4 Å². The lowest BCUT2D eigenvalue weighted by molar-refractivity contribution is 0.0659. The molecule has 9 N–H and O–H groups in total. The number of nitrogens with two attached hydrogens (primary N) is 2. The molecule has 1 aliphatic heterocycles. The van der Waals surface area contributed by atoms with Crippen molar-refractivity contribution in [1.29, 1.82) is 0 Å². The highest BCUT2D eigenvalue weighted by atomic mass is 32.3. The molecule has 1 saturated heterocycles. The standard InChI is InChI=1S/C4H12N4O.H2O4S/c5-2-3(6)7-1-8-4(2)9;1-5(2,3)4/h2-4,7-9H,1,5-6H2;(H2,1,2,3,4). The molecule has 86 valence electrons. The van der Waals surface area contributed by atoms with Crippen LogP contribution in [0, 0.1) is 0 Å². The molecule has 1 fully saturated rings. The first kappa shape index (κ1) is 13.7. The van der Waals surface area contributed by atoms with Gasteiger partial charge < -0.3 is 16.6 Å². The number of aliphatic hydroxyl groups excluding tert-OH is 1. The van der Waals surface area contributed by atoms with Gasteiger partial charge in [0.2, 0.25) is 0 Å². The predicted octanol–water partition coefficient (Wildman–Crippen LogP) is -3.59. The zero-order valence-electron chi connectivity index (χ0n) is 7.16. The number of hydrogen-bond donors (Lipinski definition) is 7. The lowest BCUT2D eigenvalue weighted by Gasteiger charge is -2.31. The van der Waals surface area contributed by atoms with Crippen LogP contribution in [-0.2, 0) is 10.4 Å². The summed E-state index contributed by atoms with van der Waals surface area (Å²) < 4.78 is 31.6. The van der Waals surface area contributed by atoms with E-state index in [4.69, 9.17) is 34.1 Å². The van der Waals surface area contributed by atoms with Gasteiger partial charge in [0.05, 0.1) is 12.2 Å². The van der Waals surface area contributed by atoms with Crippen molar-refractivity contribution < 1.29 is 22.6 Å². The van der Waals surface area contributed by atoms with Crippen LogP contribution >= 0.6 is 0 Å². The summed E-state index contributed by atoms with van der Waals surface area (Å²) in [6.45, 7) is 0.510. The molecular formula is C4H14N4O5S. The molecule has 3 unspecified atom stereocenters. The summed E-state index contributed by atoms with van der Waals surface area (Å²) in [6, 6.07) is -0.418. The summed E-state index contributed by atoms with van der Waals surface area (Å²) in [4.78, 5) is 0. The Kier molecular flexibility index (Phi) is 5.40. The highest BCUT2D eigenvalue weighted by molar-refractivity contribution is 7.79. The largest absolute Gasteiger partial charge is 0.394 e. The lowest BCUT2D eigenvalue weighted by atomic mass is 10.2. The maximum atomic E-state index is 8.99. The Morgan fingerprint density at radius 1 is 1.21 bits per heavy atom. The Morgan fingerprint density at radius 3 is 1.93 bits per heavy atom. The molecule has 0 bridgehead atoms. The fourth-order valence-corrected chi connectivity index (χ4v) is 0.750. The van der Waals surface area contributed by atoms with E-state index in [1.165, 1.54) is 0 Å². The number of aliphatic hydroxyl groups is 1. The van der Waals surface area contributed by atoms with Crippen molar-refractivity contribution in [2.24, 2.45) is 11.5 Å². The highest BCUT2D eigenvalue weighted by Gasteiger charge is 2.24. The predicted molar refractivity (Wildman–Crippen MR) is 47.3 cm³/mol. The van der Waals surface area contributed by atoms with Crippen molar-refractivity contribution in [3.8, 4) is 0 Å². The molecule has 0 radical (unpaired) electrons. The minimum Gasteiger partial charge on any atom is -0.377 e. The molecular weight excluding hydrogens is 216 g/mol. The Labute approximate surface area is 81.0 Å². The van der Waals surface area contributed by atoms with Gasteiger partial charge in [0.25, 0.3) is 0 Å². The SMILES string of the molecule is NC1NCNC(O)C1N.O=S(=O)(O)O. The molecule has 0 aliphatic carbocycles. The van der Waals surface area contributed by atoms with E-state index in [2.05, 4.69) is 10.6 Å². The van der Waals surface area contributed by atoms with Crippen molar-refractivity contribution in [3.05, 3.63) is 0 Å². The van der Waals surface area contributed by atoms with Gasteiger partial charge in [-0.25, -0.2) is 0 Å². The van der Waals surface area contributed by atoms with Crippen LogP contribution in [0.5, 0.6) is 0 Å². The van der Waals surface area contributed by atoms with Gasteiger partial charge in [-0.3, -0.25) is 19.7 Å². The van der Waals surface area contributed by atoms with E-state index in [-0.39, 0.29) is 6.17 Å². The smallest absolute Gasteiger partial charge is 0.377 e. The third-order valence-electron chi connectivity index (χ3n) is 1.43. The average Bonchev–Trinajstić information content (AvgIpc) is 1.97. The van der Waals surface area contributed by atoms with Crippen LogP contribution in [0.15, 0.2) is 0 Å². The zero-order valence-corrected chi connectivity index (χ0v) is 7.98. The monoisotopic (exact) mass is 230 g/mol. The van der Waals surface area contributed by atoms with Gasteiger partial charge in [-0.1, -0.05) is 0 Å². The van der Waals surface area contributed by atoms with E-state index in [1.807, 2.05) is 0 Å². The Balaban J connectivity index is 0.000000292. The normalized spacial score (nSPS) is 33.1. The van der Waals surface area contributed by atoms with E-state index in [9.17, 15) is 0 Å². The maximum Gasteiger partial charge on any atom is 0.394 e. The average molecular weight is 230 g/mol. The molecule has 14 heavy (non-hydrogen) atoms. The quantitative estimate of drug-likeness (QED) is 0.208. The first-order chi connectivity index (χ1) is 6.22. The third kappa shape index (κ3) is 7.11. The van der Waals surface area contributed by atoms with Crippen LogP contribution in [0.1, 0.15) is 0 Å². The van der Waals surface area contributed by atoms with Gasteiger partial charge in [0, 0.05) is 6.67 Å². The third-order valence-corrected chi connectivity index (χ3v) is 1.43. The maximum absolute atomic E-state index is 8.99. The molecule has 3 atom stereocenters. The lowest BCUT2D eigenvalue weighted by Crippen LogP contribution is -2.67. The fraction of sp³-hybridized carbons (Fsp3) is 1.00. The van der Waals surface area contributed by atoms with Crippen molar-refractivity contribution in [3.63, 3.8) is 0 Å². The van der Waals surface area contributed by atoms with Crippen molar-refractivity contribution in [2.45, 2.75) is 18.4 Å². The van der Waals surface area contributed by atoms with Crippen LogP contribution in [0.25, 0.3) is 0 Å². The van der Waals surface area contributed by atoms with Crippen LogP contribution in [0.3, 0.4) is 0 Å². The van der Waals surface area contributed by atoms with E-state index in [1.54, 1.807) is 0 Å². The number of rotatable bonds is 0. The summed E-state index contributed by atoms with van der Waals surface area (Å²) in [5.41, 5.74) is 10.9. The van der Waals surface area contributed by atoms with Gasteiger partial charge in [-0.2, -0.15) is 8.42 Å². The second-order valence-corrected chi connectivity index (χ2v) is 3.48. The highest BCUT2D eigenvalue weighted by Crippen LogP contribution is 1.92. The summed E-state index contributed by atoms with van der Waals surface area (Å²) in [5, 5.41) is 14.5. The minimum absolute atomic E-state index is 0.304. The summed E-state index contributed by atoms with van der Waals surface area (Å²) in [5.74, 6) is 0. The number of nitrogens with one attached hydrogen (secondary N) is 2. The summed E-state index contributed by atoms with van der Waals surface area (Å²) in [6.07, 6.45) is -0.984. The molecule has 0 aromatic carbocycles. The Bertz CT molecular complexity index is 238. The van der Waals surface area contributed by atoms with E-state index < -0.39 is 22.7 Å². The Morgan fingerprint density at radius 2 is 1.64 bits per heavy atom. The molecule has 9 nitrogen and oxygen atoms in total. The van der Waals surface area contributed by atoms with Gasteiger partial charge in [-0.05, 0) is 0 Å².